The van der Waals surface area contributed by atoms with Gasteiger partial charge in [0.1, 0.15) is 0 Å². The molecule has 0 saturated heterocycles. The van der Waals surface area contributed by atoms with E-state index in [1.807, 2.05) is 30.3 Å². The number of fused-ring (bicyclic) bond motifs is 1. The molecule has 25 heavy (non-hydrogen) atoms. The quantitative estimate of drug-likeness (QED) is 0.710. The number of aliphatic hydroxyl groups is 1. The highest BCUT2D eigenvalue weighted by Crippen LogP contribution is 2.30. The SMILES string of the molecule is COc1ccc(C(O)CNC(=O)c2cc3ccccc3s2)cc1OC. The Morgan fingerprint density at radius 3 is 2.60 bits per heavy atom. The number of carbonyl (C=O) groups excluding carboxylic acids is 1. The molecule has 0 spiro atoms. The first-order valence-corrected chi connectivity index (χ1v) is 8.61. The largest absolute Gasteiger partial charge is 0.493 e. The zero-order valence-corrected chi connectivity index (χ0v) is 14.8. The second-order valence-corrected chi connectivity index (χ2v) is 6.57. The Labute approximate surface area is 149 Å². The van der Waals surface area contributed by atoms with Gasteiger partial charge in [-0.05, 0) is 35.2 Å². The molecule has 3 rings (SSSR count). The van der Waals surface area contributed by atoms with E-state index in [4.69, 9.17) is 9.47 Å². The van der Waals surface area contributed by atoms with Crippen molar-refractivity contribution < 1.29 is 19.4 Å². The van der Waals surface area contributed by atoms with E-state index in [0.29, 0.717) is 21.9 Å². The summed E-state index contributed by atoms with van der Waals surface area (Å²) >= 11 is 1.43. The van der Waals surface area contributed by atoms with Crippen molar-refractivity contribution >= 4 is 27.3 Å². The molecule has 1 unspecified atom stereocenters. The van der Waals surface area contributed by atoms with Crippen LogP contribution < -0.4 is 14.8 Å². The molecule has 0 saturated carbocycles. The van der Waals surface area contributed by atoms with Gasteiger partial charge >= 0.3 is 0 Å². The Hall–Kier alpha value is -2.57. The maximum Gasteiger partial charge on any atom is 0.261 e. The van der Waals surface area contributed by atoms with Crippen molar-refractivity contribution in [3.05, 3.63) is 59.0 Å². The van der Waals surface area contributed by atoms with Gasteiger partial charge in [0.2, 0.25) is 0 Å². The number of rotatable bonds is 6. The van der Waals surface area contributed by atoms with Crippen molar-refractivity contribution in [3.8, 4) is 11.5 Å². The molecule has 2 N–H and O–H groups in total. The van der Waals surface area contributed by atoms with Gasteiger partial charge in [-0.25, -0.2) is 0 Å². The summed E-state index contributed by atoms with van der Waals surface area (Å²) in [5, 5.41) is 14.1. The van der Waals surface area contributed by atoms with Gasteiger partial charge in [-0.1, -0.05) is 24.3 Å². The van der Waals surface area contributed by atoms with Crippen LogP contribution in [0, 0.1) is 0 Å². The minimum Gasteiger partial charge on any atom is -0.493 e. The van der Waals surface area contributed by atoms with Crippen LogP contribution in [0.3, 0.4) is 0 Å². The van der Waals surface area contributed by atoms with Crippen LogP contribution in [-0.2, 0) is 0 Å². The van der Waals surface area contributed by atoms with Crippen LogP contribution in [0.4, 0.5) is 0 Å². The number of hydrogen-bond acceptors (Lipinski definition) is 5. The second-order valence-electron chi connectivity index (χ2n) is 5.49. The van der Waals surface area contributed by atoms with E-state index in [-0.39, 0.29) is 12.5 Å². The monoisotopic (exact) mass is 357 g/mol. The average molecular weight is 357 g/mol. The summed E-state index contributed by atoms with van der Waals surface area (Å²) in [5.41, 5.74) is 0.647. The fraction of sp³-hybridized carbons (Fsp3) is 0.211. The van der Waals surface area contributed by atoms with E-state index in [1.54, 1.807) is 25.3 Å². The Morgan fingerprint density at radius 2 is 1.88 bits per heavy atom. The van der Waals surface area contributed by atoms with Gasteiger partial charge < -0.3 is 19.9 Å². The smallest absolute Gasteiger partial charge is 0.261 e. The number of aliphatic hydroxyl groups excluding tert-OH is 1. The summed E-state index contributed by atoms with van der Waals surface area (Å²) in [6, 6.07) is 14.9. The van der Waals surface area contributed by atoms with Crippen LogP contribution in [0.25, 0.3) is 10.1 Å². The van der Waals surface area contributed by atoms with E-state index in [2.05, 4.69) is 5.32 Å². The van der Waals surface area contributed by atoms with Gasteiger partial charge in [-0.2, -0.15) is 0 Å². The minimum atomic E-state index is -0.835. The summed E-state index contributed by atoms with van der Waals surface area (Å²) in [6.45, 7) is 0.114. The average Bonchev–Trinajstić information content (AvgIpc) is 3.09. The lowest BCUT2D eigenvalue weighted by molar-refractivity contribution is 0.0920. The number of amides is 1. The molecule has 3 aromatic rings. The highest BCUT2D eigenvalue weighted by atomic mass is 32.1. The lowest BCUT2D eigenvalue weighted by Crippen LogP contribution is -2.27. The number of thiophene rings is 1. The topological polar surface area (TPSA) is 67.8 Å². The Kier molecular flexibility index (Phi) is 5.21. The maximum absolute atomic E-state index is 12.3. The second kappa shape index (κ2) is 7.55. The highest BCUT2D eigenvalue weighted by Gasteiger charge is 2.15. The van der Waals surface area contributed by atoms with Crippen molar-refractivity contribution in [3.63, 3.8) is 0 Å². The number of methoxy groups -OCH3 is 2. The molecule has 0 fully saturated rings. The third-order valence-corrected chi connectivity index (χ3v) is 5.01. The van der Waals surface area contributed by atoms with Crippen molar-refractivity contribution in [1.82, 2.24) is 5.32 Å². The summed E-state index contributed by atoms with van der Waals surface area (Å²) in [7, 11) is 3.09. The molecule has 5 nitrogen and oxygen atoms in total. The van der Waals surface area contributed by atoms with E-state index in [0.717, 1.165) is 10.1 Å². The van der Waals surface area contributed by atoms with Gasteiger partial charge in [0.15, 0.2) is 11.5 Å². The van der Waals surface area contributed by atoms with E-state index >= 15 is 0 Å². The van der Waals surface area contributed by atoms with Crippen LogP contribution in [0.5, 0.6) is 11.5 Å². The zero-order valence-electron chi connectivity index (χ0n) is 14.0. The molecular formula is C19H19NO4S. The highest BCUT2D eigenvalue weighted by molar-refractivity contribution is 7.20. The van der Waals surface area contributed by atoms with Crippen LogP contribution in [0.15, 0.2) is 48.5 Å². The molecule has 0 aliphatic carbocycles. The van der Waals surface area contributed by atoms with Crippen LogP contribution in [-0.4, -0.2) is 31.8 Å². The van der Waals surface area contributed by atoms with Crippen molar-refractivity contribution in [2.24, 2.45) is 0 Å². The van der Waals surface area contributed by atoms with E-state index in [1.165, 1.54) is 18.4 Å². The number of nitrogens with one attached hydrogen (secondary N) is 1. The Morgan fingerprint density at radius 1 is 1.12 bits per heavy atom. The number of benzene rings is 2. The molecule has 0 aliphatic rings. The predicted molar refractivity (Wildman–Crippen MR) is 98.7 cm³/mol. The summed E-state index contributed by atoms with van der Waals surface area (Å²) in [6.07, 6.45) is -0.835. The van der Waals surface area contributed by atoms with Gasteiger partial charge in [0, 0.05) is 11.2 Å². The zero-order chi connectivity index (χ0) is 17.8. The summed E-state index contributed by atoms with van der Waals surface area (Å²) < 4.78 is 11.5. The normalized spacial score (nSPS) is 12.0. The van der Waals surface area contributed by atoms with Gasteiger partial charge in [0.05, 0.1) is 25.2 Å². The number of ether oxygens (including phenoxy) is 2. The standard InChI is InChI=1S/C19H19NO4S/c1-23-15-8-7-12(9-16(15)24-2)14(21)11-20-19(22)18-10-13-5-3-4-6-17(13)25-18/h3-10,14,21H,11H2,1-2H3,(H,20,22). The van der Waals surface area contributed by atoms with Crippen LogP contribution in [0.1, 0.15) is 21.3 Å². The van der Waals surface area contributed by atoms with Crippen molar-refractivity contribution in [2.45, 2.75) is 6.10 Å². The molecule has 0 aliphatic heterocycles. The molecule has 6 heteroatoms. The van der Waals surface area contributed by atoms with Gasteiger partial charge in [0.25, 0.3) is 5.91 Å². The molecule has 1 atom stereocenters. The molecule has 1 aromatic heterocycles. The summed E-state index contributed by atoms with van der Waals surface area (Å²) in [5.74, 6) is 0.934. The fourth-order valence-corrected chi connectivity index (χ4v) is 3.53. The molecular weight excluding hydrogens is 338 g/mol. The fourth-order valence-electron chi connectivity index (χ4n) is 2.55. The molecule has 2 aromatic carbocycles. The molecule has 0 radical (unpaired) electrons. The molecule has 1 heterocycles. The third-order valence-electron chi connectivity index (χ3n) is 3.90. The van der Waals surface area contributed by atoms with E-state index in [9.17, 15) is 9.90 Å². The lowest BCUT2D eigenvalue weighted by Gasteiger charge is -2.14. The number of hydrogen-bond donors (Lipinski definition) is 2. The van der Waals surface area contributed by atoms with Crippen molar-refractivity contribution in [2.75, 3.05) is 20.8 Å². The first-order chi connectivity index (χ1) is 12.1. The Balaban J connectivity index is 1.67. The van der Waals surface area contributed by atoms with Gasteiger partial charge in [-0.3, -0.25) is 4.79 Å². The first kappa shape index (κ1) is 17.3. The first-order valence-electron chi connectivity index (χ1n) is 7.79. The van der Waals surface area contributed by atoms with Gasteiger partial charge in [-0.15, -0.1) is 11.3 Å². The Bertz CT molecular complexity index is 857. The maximum atomic E-state index is 12.3. The van der Waals surface area contributed by atoms with E-state index < -0.39 is 6.10 Å². The number of carbonyl (C=O) groups is 1. The van der Waals surface area contributed by atoms with Crippen molar-refractivity contribution in [1.29, 1.82) is 0 Å². The lowest BCUT2D eigenvalue weighted by atomic mass is 10.1. The molecule has 130 valence electrons. The minimum absolute atomic E-state index is 0.114. The molecule has 1 amide bonds. The third kappa shape index (κ3) is 3.75. The van der Waals surface area contributed by atoms with Crippen LogP contribution in [0.2, 0.25) is 0 Å². The molecule has 0 bridgehead atoms. The predicted octanol–water partition coefficient (Wildman–Crippen LogP) is 3.38. The van der Waals surface area contributed by atoms with Crippen LogP contribution >= 0.6 is 11.3 Å². The summed E-state index contributed by atoms with van der Waals surface area (Å²) in [4.78, 5) is 12.9.